The Balaban J connectivity index is 1.25. The number of hydrogen-bond acceptors (Lipinski definition) is 10. The number of aromatic nitrogens is 2. The topological polar surface area (TPSA) is 185 Å². The van der Waals surface area contributed by atoms with Crippen LogP contribution in [0.3, 0.4) is 0 Å². The van der Waals surface area contributed by atoms with Crippen LogP contribution in [0.15, 0.2) is 40.9 Å². The smallest absolute Gasteiger partial charge is 0.296 e. The van der Waals surface area contributed by atoms with Gasteiger partial charge in [0.1, 0.15) is 29.7 Å². The van der Waals surface area contributed by atoms with Crippen LogP contribution in [-0.2, 0) is 24.0 Å². The summed E-state index contributed by atoms with van der Waals surface area (Å²) < 4.78 is 12.2. The third-order valence-electron chi connectivity index (χ3n) is 10.8. The number of hydrogen-bond donors (Lipinski definition) is 4. The average molecular weight is 792 g/mol. The van der Waals surface area contributed by atoms with E-state index in [1.165, 1.54) is 11.1 Å². The molecule has 15 heteroatoms. The fraction of sp³-hybridized carbons (Fsp3) is 0.585. The number of carbonyl (C=O) groups is 5. The van der Waals surface area contributed by atoms with Crippen LogP contribution in [0.2, 0.25) is 5.02 Å². The monoisotopic (exact) mass is 791 g/mol. The molecule has 3 heterocycles. The van der Waals surface area contributed by atoms with E-state index >= 15 is 0 Å². The molecule has 14 nitrogen and oxygen atoms in total. The molecule has 3 aromatic rings. The number of amides is 4. The lowest BCUT2D eigenvalue weighted by molar-refractivity contribution is -0.145. The molecular formula is C41H54ClN7O7. The standard InChI is InChI=1S/C41H54ClN7O7/c1-6-10-28(34(50)38(53)44-26-15-16-26)45-36(51)30-20-27(55-32-18-14-25(42)21-43-32)22-49(30)39(54)35(41(3,4)5)48-37(52)33(24-11-8-7-9-12-24)47-40-46-29-19-23(2)13-17-31(29)56-40/h13-14,17-19,21,24,26-28,30,33,35H,6-12,15-16,20,22H2,1-5H3,(H,44,53)(H,45,51)(H,46,47)(H,48,52)/t27-,28+,30+,33+,35-/m1/s1. The van der Waals surface area contributed by atoms with Gasteiger partial charge in [-0.2, -0.15) is 4.98 Å². The molecule has 2 saturated carbocycles. The fourth-order valence-electron chi connectivity index (χ4n) is 7.59. The second kappa shape index (κ2) is 17.6. The molecule has 6 rings (SSSR count). The molecule has 0 bridgehead atoms. The third-order valence-corrected chi connectivity index (χ3v) is 11.0. The van der Waals surface area contributed by atoms with E-state index in [1.807, 2.05) is 52.8 Å². The number of pyridine rings is 1. The van der Waals surface area contributed by atoms with E-state index in [9.17, 15) is 24.0 Å². The van der Waals surface area contributed by atoms with Gasteiger partial charge in [0.15, 0.2) is 5.58 Å². The molecule has 56 heavy (non-hydrogen) atoms. The molecule has 0 unspecified atom stereocenters. The summed E-state index contributed by atoms with van der Waals surface area (Å²) in [4.78, 5) is 79.7. The lowest BCUT2D eigenvalue weighted by Gasteiger charge is -2.37. The number of halogens is 1. The van der Waals surface area contributed by atoms with Crippen LogP contribution in [0.4, 0.5) is 6.01 Å². The maximum atomic E-state index is 14.8. The Hall–Kier alpha value is -4.72. The van der Waals surface area contributed by atoms with Gasteiger partial charge < -0.3 is 35.3 Å². The SMILES string of the molecule is CCC[C@H](NC(=O)[C@@H]1C[C@@H](Oc2ccc(Cl)cn2)CN1C(=O)[C@@H](NC(=O)[C@@H](Nc1nc2cc(C)ccc2o1)C1CCCCC1)C(C)(C)C)C(=O)C(=O)NC1CC1. The lowest BCUT2D eigenvalue weighted by Crippen LogP contribution is -2.61. The summed E-state index contributed by atoms with van der Waals surface area (Å²) in [6.07, 6.45) is 7.94. The largest absolute Gasteiger partial charge is 0.472 e. The zero-order valence-electron chi connectivity index (χ0n) is 32.9. The Morgan fingerprint density at radius 2 is 1.77 bits per heavy atom. The molecule has 2 aromatic heterocycles. The molecule has 1 aromatic carbocycles. The number of aryl methyl sites for hydroxylation is 1. The first-order chi connectivity index (χ1) is 26.7. The molecule has 302 valence electrons. The normalized spacial score (nSPS) is 20.5. The van der Waals surface area contributed by atoms with Crippen LogP contribution >= 0.6 is 11.6 Å². The maximum Gasteiger partial charge on any atom is 0.296 e. The molecule has 3 fully saturated rings. The van der Waals surface area contributed by atoms with Crippen LogP contribution in [0.1, 0.15) is 97.5 Å². The minimum absolute atomic E-state index is 0.00482. The van der Waals surface area contributed by atoms with Gasteiger partial charge in [-0.15, -0.1) is 0 Å². The van der Waals surface area contributed by atoms with Crippen molar-refractivity contribution in [1.82, 2.24) is 30.8 Å². The van der Waals surface area contributed by atoms with Gasteiger partial charge in [-0.25, -0.2) is 4.98 Å². The number of likely N-dealkylation sites (tertiary alicyclic amines) is 1. The summed E-state index contributed by atoms with van der Waals surface area (Å²) in [5, 5.41) is 12.3. The predicted octanol–water partition coefficient (Wildman–Crippen LogP) is 5.26. The molecule has 0 radical (unpaired) electrons. The number of ketones is 1. The van der Waals surface area contributed by atoms with E-state index in [0.717, 1.165) is 50.5 Å². The van der Waals surface area contributed by atoms with Gasteiger partial charge in [-0.05, 0) is 74.1 Å². The van der Waals surface area contributed by atoms with Crippen molar-refractivity contribution in [2.45, 2.75) is 135 Å². The Labute approximate surface area is 332 Å². The van der Waals surface area contributed by atoms with E-state index < -0.39 is 59.2 Å². The highest BCUT2D eigenvalue weighted by Crippen LogP contribution is 2.32. The van der Waals surface area contributed by atoms with Crippen LogP contribution in [0.25, 0.3) is 11.1 Å². The van der Waals surface area contributed by atoms with Gasteiger partial charge in [-0.3, -0.25) is 24.0 Å². The predicted molar refractivity (Wildman–Crippen MR) is 211 cm³/mol. The highest BCUT2D eigenvalue weighted by Gasteiger charge is 2.47. The summed E-state index contributed by atoms with van der Waals surface area (Å²) in [6, 6.07) is 5.18. The number of anilines is 1. The van der Waals surface area contributed by atoms with Crippen molar-refractivity contribution in [2.75, 3.05) is 11.9 Å². The summed E-state index contributed by atoms with van der Waals surface area (Å²) in [5.41, 5.74) is 1.51. The molecular weight excluding hydrogens is 738 g/mol. The number of benzene rings is 1. The molecule has 0 spiro atoms. The first-order valence-electron chi connectivity index (χ1n) is 19.9. The number of ether oxygens (including phenoxy) is 1. The van der Waals surface area contributed by atoms with Gasteiger partial charge >= 0.3 is 0 Å². The average Bonchev–Trinajstić information content (AvgIpc) is 3.73. The molecule has 2 aliphatic carbocycles. The highest BCUT2D eigenvalue weighted by atomic mass is 35.5. The summed E-state index contributed by atoms with van der Waals surface area (Å²) in [6.45, 7) is 9.40. The number of fused-ring (bicyclic) bond motifs is 1. The highest BCUT2D eigenvalue weighted by molar-refractivity contribution is 6.38. The van der Waals surface area contributed by atoms with E-state index in [0.29, 0.717) is 22.5 Å². The Morgan fingerprint density at radius 3 is 2.43 bits per heavy atom. The quantitative estimate of drug-likeness (QED) is 0.148. The van der Waals surface area contributed by atoms with Gasteiger partial charge in [-0.1, -0.05) is 71.0 Å². The Morgan fingerprint density at radius 1 is 1.02 bits per heavy atom. The van der Waals surface area contributed by atoms with E-state index in [-0.39, 0.29) is 49.1 Å². The zero-order valence-corrected chi connectivity index (χ0v) is 33.6. The first kappa shape index (κ1) is 40.9. The molecule has 4 N–H and O–H groups in total. The summed E-state index contributed by atoms with van der Waals surface area (Å²) in [7, 11) is 0. The number of carbonyl (C=O) groups excluding carboxylic acids is 5. The van der Waals surface area contributed by atoms with Gasteiger partial charge in [0.2, 0.25) is 29.4 Å². The van der Waals surface area contributed by atoms with Crippen molar-refractivity contribution >= 4 is 58.1 Å². The number of rotatable bonds is 15. The van der Waals surface area contributed by atoms with Crippen molar-refractivity contribution in [3.8, 4) is 5.88 Å². The van der Waals surface area contributed by atoms with Crippen molar-refractivity contribution in [3.63, 3.8) is 0 Å². The summed E-state index contributed by atoms with van der Waals surface area (Å²) in [5.74, 6) is -2.67. The molecule has 3 aliphatic rings. The van der Waals surface area contributed by atoms with Crippen molar-refractivity contribution in [1.29, 1.82) is 0 Å². The van der Waals surface area contributed by atoms with E-state index in [4.69, 9.17) is 20.8 Å². The second-order valence-electron chi connectivity index (χ2n) is 16.6. The van der Waals surface area contributed by atoms with Crippen molar-refractivity contribution < 1.29 is 33.1 Å². The van der Waals surface area contributed by atoms with Crippen molar-refractivity contribution in [3.05, 3.63) is 47.1 Å². The molecule has 1 aliphatic heterocycles. The minimum Gasteiger partial charge on any atom is -0.472 e. The van der Waals surface area contributed by atoms with Gasteiger partial charge in [0, 0.05) is 24.7 Å². The first-order valence-corrected chi connectivity index (χ1v) is 20.3. The maximum absolute atomic E-state index is 14.8. The number of nitrogens with zero attached hydrogens (tertiary/aromatic N) is 3. The lowest BCUT2D eigenvalue weighted by atomic mass is 9.82. The molecule has 1 saturated heterocycles. The van der Waals surface area contributed by atoms with E-state index in [2.05, 4.69) is 31.2 Å². The second-order valence-corrected chi connectivity index (χ2v) is 17.0. The molecule has 5 atom stereocenters. The Bertz CT molecular complexity index is 1900. The number of oxazole rings is 1. The van der Waals surface area contributed by atoms with Crippen LogP contribution in [-0.4, -0.2) is 87.1 Å². The minimum atomic E-state index is -1.07. The fourth-order valence-corrected chi connectivity index (χ4v) is 7.70. The number of Topliss-reactive ketones (excluding diaryl/α,β-unsaturated/α-hetero) is 1. The van der Waals surface area contributed by atoms with E-state index in [1.54, 1.807) is 12.1 Å². The Kier molecular flexibility index (Phi) is 12.9. The summed E-state index contributed by atoms with van der Waals surface area (Å²) >= 11 is 6.04. The van der Waals surface area contributed by atoms with Gasteiger partial charge in [0.25, 0.3) is 11.9 Å². The zero-order chi connectivity index (χ0) is 40.1. The molecule has 4 amide bonds. The van der Waals surface area contributed by atoms with Crippen molar-refractivity contribution in [2.24, 2.45) is 11.3 Å². The van der Waals surface area contributed by atoms with Crippen LogP contribution in [0.5, 0.6) is 5.88 Å². The van der Waals surface area contributed by atoms with Gasteiger partial charge in [0.05, 0.1) is 17.6 Å². The third kappa shape index (κ3) is 10.2. The number of nitrogens with one attached hydrogen (secondary N) is 4. The van der Waals surface area contributed by atoms with Crippen LogP contribution < -0.4 is 26.0 Å². The van der Waals surface area contributed by atoms with Crippen LogP contribution in [0, 0.1) is 18.3 Å².